The summed E-state index contributed by atoms with van der Waals surface area (Å²) in [5.74, 6) is 5.22. The summed E-state index contributed by atoms with van der Waals surface area (Å²) in [6, 6.07) is 7.63. The molecule has 1 aromatic carbocycles. The molecule has 0 saturated heterocycles. The normalized spacial score (nSPS) is 9.86. The molecular formula is C16H15FN2OS. The highest BCUT2D eigenvalue weighted by Crippen LogP contribution is 2.20. The molecule has 0 aliphatic rings. The Balaban J connectivity index is 2.24. The van der Waals surface area contributed by atoms with Gasteiger partial charge in [0.2, 0.25) is 0 Å². The summed E-state index contributed by atoms with van der Waals surface area (Å²) in [6.07, 6.45) is 0. The lowest BCUT2D eigenvalue weighted by Crippen LogP contribution is -2.30. The number of nitrogens with two attached hydrogens (primary N) is 1. The molecule has 1 heterocycles. The Morgan fingerprint density at radius 2 is 2.10 bits per heavy atom. The molecule has 3 nitrogen and oxygen atoms in total. The molecule has 0 bridgehead atoms. The summed E-state index contributed by atoms with van der Waals surface area (Å²) in [5.41, 5.74) is 6.57. The number of nitrogens with zero attached hydrogens (tertiary/aromatic N) is 1. The molecule has 2 rings (SSSR count). The summed E-state index contributed by atoms with van der Waals surface area (Å²) in [5, 5.41) is 1.77. The standard InChI is InChI=1S/C16H15FN2OS/c1-2-19(14-7-5-13(17)6-8-14)16(20)12-10-15(21-11-12)4-3-9-18/h5-8,10-11H,2,9,18H2,1H3. The minimum absolute atomic E-state index is 0.124. The van der Waals surface area contributed by atoms with Crippen molar-refractivity contribution >= 4 is 22.9 Å². The molecule has 21 heavy (non-hydrogen) atoms. The van der Waals surface area contributed by atoms with Gasteiger partial charge in [0.15, 0.2) is 0 Å². The van der Waals surface area contributed by atoms with Crippen molar-refractivity contribution in [2.24, 2.45) is 5.73 Å². The highest BCUT2D eigenvalue weighted by molar-refractivity contribution is 7.10. The molecule has 0 atom stereocenters. The fourth-order valence-corrected chi connectivity index (χ4v) is 2.62. The molecule has 108 valence electrons. The molecule has 0 unspecified atom stereocenters. The van der Waals surface area contributed by atoms with Crippen molar-refractivity contribution in [2.45, 2.75) is 6.92 Å². The number of benzene rings is 1. The van der Waals surface area contributed by atoms with Crippen molar-refractivity contribution in [3.05, 3.63) is 52.0 Å². The first kappa shape index (κ1) is 15.2. The van der Waals surface area contributed by atoms with Gasteiger partial charge in [-0.25, -0.2) is 4.39 Å². The minimum Gasteiger partial charge on any atom is -0.320 e. The highest BCUT2D eigenvalue weighted by Gasteiger charge is 2.17. The van der Waals surface area contributed by atoms with Crippen LogP contribution in [0.3, 0.4) is 0 Å². The second kappa shape index (κ2) is 7.02. The van der Waals surface area contributed by atoms with Gasteiger partial charge < -0.3 is 10.6 Å². The van der Waals surface area contributed by atoms with Crippen LogP contribution in [-0.2, 0) is 0 Å². The number of halogens is 1. The largest absolute Gasteiger partial charge is 0.320 e. The van der Waals surface area contributed by atoms with Crippen LogP contribution in [0.15, 0.2) is 35.7 Å². The van der Waals surface area contributed by atoms with Gasteiger partial charge in [-0.3, -0.25) is 4.79 Å². The Bertz CT molecular complexity index is 682. The smallest absolute Gasteiger partial charge is 0.259 e. The number of rotatable bonds is 3. The van der Waals surface area contributed by atoms with E-state index in [1.54, 1.807) is 28.5 Å². The van der Waals surface area contributed by atoms with Gasteiger partial charge in [0.1, 0.15) is 5.82 Å². The summed E-state index contributed by atoms with van der Waals surface area (Å²) in [7, 11) is 0. The van der Waals surface area contributed by atoms with E-state index in [-0.39, 0.29) is 18.3 Å². The molecule has 0 aliphatic heterocycles. The molecular weight excluding hydrogens is 287 g/mol. The third kappa shape index (κ3) is 3.69. The Morgan fingerprint density at radius 3 is 2.71 bits per heavy atom. The zero-order valence-electron chi connectivity index (χ0n) is 11.6. The van der Waals surface area contributed by atoms with Crippen molar-refractivity contribution in [2.75, 3.05) is 18.0 Å². The lowest BCUT2D eigenvalue weighted by Gasteiger charge is -2.20. The predicted octanol–water partition coefficient (Wildman–Crippen LogP) is 2.86. The number of thiophene rings is 1. The summed E-state index contributed by atoms with van der Waals surface area (Å²) in [6.45, 7) is 2.67. The van der Waals surface area contributed by atoms with Crippen LogP contribution in [0.25, 0.3) is 0 Å². The van der Waals surface area contributed by atoms with Gasteiger partial charge in [0, 0.05) is 17.6 Å². The number of hydrogen-bond acceptors (Lipinski definition) is 3. The average Bonchev–Trinajstić information content (AvgIpc) is 2.96. The first-order valence-corrected chi connectivity index (χ1v) is 7.38. The van der Waals surface area contributed by atoms with Crippen molar-refractivity contribution < 1.29 is 9.18 Å². The Kier molecular flexibility index (Phi) is 5.09. The maximum absolute atomic E-state index is 13.0. The van der Waals surface area contributed by atoms with E-state index in [0.717, 1.165) is 4.88 Å². The zero-order valence-corrected chi connectivity index (χ0v) is 12.4. The highest BCUT2D eigenvalue weighted by atomic mass is 32.1. The molecule has 2 N–H and O–H groups in total. The van der Waals surface area contributed by atoms with E-state index in [4.69, 9.17) is 5.73 Å². The van der Waals surface area contributed by atoms with E-state index in [2.05, 4.69) is 11.8 Å². The van der Waals surface area contributed by atoms with Crippen LogP contribution in [0.2, 0.25) is 0 Å². The summed E-state index contributed by atoms with van der Waals surface area (Å²) >= 11 is 1.41. The molecule has 1 aromatic heterocycles. The zero-order chi connectivity index (χ0) is 15.2. The topological polar surface area (TPSA) is 46.3 Å². The van der Waals surface area contributed by atoms with Crippen molar-refractivity contribution in [3.8, 4) is 11.8 Å². The molecule has 0 spiro atoms. The van der Waals surface area contributed by atoms with Crippen LogP contribution in [0, 0.1) is 17.7 Å². The lowest BCUT2D eigenvalue weighted by atomic mass is 10.2. The molecule has 0 fully saturated rings. The molecule has 1 amide bonds. The van der Waals surface area contributed by atoms with Crippen LogP contribution >= 0.6 is 11.3 Å². The van der Waals surface area contributed by atoms with Crippen LogP contribution < -0.4 is 10.6 Å². The second-order valence-electron chi connectivity index (χ2n) is 4.23. The Hall–Kier alpha value is -2.16. The SMILES string of the molecule is CCN(C(=O)c1csc(C#CCN)c1)c1ccc(F)cc1. The number of carbonyl (C=O) groups excluding carboxylic acids is 1. The van der Waals surface area contributed by atoms with Crippen LogP contribution in [0.4, 0.5) is 10.1 Å². The van der Waals surface area contributed by atoms with Gasteiger partial charge in [0.05, 0.1) is 17.0 Å². The maximum atomic E-state index is 13.0. The lowest BCUT2D eigenvalue weighted by molar-refractivity contribution is 0.0988. The average molecular weight is 302 g/mol. The number of anilines is 1. The predicted molar refractivity (Wildman–Crippen MR) is 84.0 cm³/mol. The van der Waals surface area contributed by atoms with E-state index in [1.807, 2.05) is 6.92 Å². The quantitative estimate of drug-likeness (QED) is 0.886. The van der Waals surface area contributed by atoms with E-state index in [9.17, 15) is 9.18 Å². The fourth-order valence-electron chi connectivity index (χ4n) is 1.87. The van der Waals surface area contributed by atoms with E-state index in [1.165, 1.54) is 23.5 Å². The first-order valence-electron chi connectivity index (χ1n) is 6.50. The van der Waals surface area contributed by atoms with Crippen molar-refractivity contribution in [1.82, 2.24) is 0 Å². The molecule has 2 aromatic rings. The van der Waals surface area contributed by atoms with Gasteiger partial charge >= 0.3 is 0 Å². The maximum Gasteiger partial charge on any atom is 0.259 e. The van der Waals surface area contributed by atoms with Gasteiger partial charge in [-0.2, -0.15) is 0 Å². The third-order valence-electron chi connectivity index (χ3n) is 2.86. The summed E-state index contributed by atoms with van der Waals surface area (Å²) in [4.78, 5) is 14.9. The molecule has 5 heteroatoms. The Labute approximate surface area is 127 Å². The molecule has 0 saturated carbocycles. The van der Waals surface area contributed by atoms with Crippen LogP contribution in [0.1, 0.15) is 22.2 Å². The number of amides is 1. The Morgan fingerprint density at radius 1 is 1.38 bits per heavy atom. The van der Waals surface area contributed by atoms with E-state index >= 15 is 0 Å². The van der Waals surface area contributed by atoms with Gasteiger partial charge in [-0.15, -0.1) is 11.3 Å². The van der Waals surface area contributed by atoms with Gasteiger partial charge in [0.25, 0.3) is 5.91 Å². The van der Waals surface area contributed by atoms with Crippen molar-refractivity contribution in [3.63, 3.8) is 0 Å². The second-order valence-corrected chi connectivity index (χ2v) is 5.14. The van der Waals surface area contributed by atoms with E-state index < -0.39 is 0 Å². The van der Waals surface area contributed by atoms with Crippen LogP contribution in [0.5, 0.6) is 0 Å². The van der Waals surface area contributed by atoms with Crippen molar-refractivity contribution in [1.29, 1.82) is 0 Å². The summed E-state index contributed by atoms with van der Waals surface area (Å²) < 4.78 is 13.0. The van der Waals surface area contributed by atoms with E-state index in [0.29, 0.717) is 17.8 Å². The number of hydrogen-bond donors (Lipinski definition) is 1. The molecule has 0 radical (unpaired) electrons. The number of carbonyl (C=O) groups is 1. The molecule has 0 aliphatic carbocycles. The minimum atomic E-state index is -0.322. The van der Waals surface area contributed by atoms with Gasteiger partial charge in [-0.05, 0) is 37.3 Å². The van der Waals surface area contributed by atoms with Crippen LogP contribution in [-0.4, -0.2) is 19.0 Å². The monoisotopic (exact) mass is 302 g/mol. The third-order valence-corrected chi connectivity index (χ3v) is 3.71. The van der Waals surface area contributed by atoms with Gasteiger partial charge in [-0.1, -0.05) is 11.8 Å². The first-order chi connectivity index (χ1) is 10.2. The fraction of sp³-hybridized carbons (Fsp3) is 0.188.